The van der Waals surface area contributed by atoms with Crippen molar-refractivity contribution < 1.29 is 0 Å². The molecule has 0 amide bonds. The molecule has 1 rings (SSSR count). The van der Waals surface area contributed by atoms with Crippen LogP contribution in [-0.4, -0.2) is 17.6 Å². The molecule has 1 aromatic heterocycles. The minimum atomic E-state index is 0.593. The van der Waals surface area contributed by atoms with Crippen LogP contribution in [0.4, 0.5) is 0 Å². The lowest BCUT2D eigenvalue weighted by molar-refractivity contribution is 0.568. The summed E-state index contributed by atoms with van der Waals surface area (Å²) in [7, 11) is 0. The van der Waals surface area contributed by atoms with Gasteiger partial charge in [0.15, 0.2) is 0 Å². The Labute approximate surface area is 103 Å². The molecule has 0 unspecified atom stereocenters. The van der Waals surface area contributed by atoms with Crippen molar-refractivity contribution in [3.05, 3.63) is 16.1 Å². The van der Waals surface area contributed by atoms with E-state index in [1.165, 1.54) is 30.0 Å². The standard InChI is InChI=1S/C13H24N2S/c1-4-5-8-13-15-12(10-16-13)7-6-9-14-11(2)3/h10-11,14H,4-9H2,1-3H3. The molecule has 3 heteroatoms. The number of thiazole rings is 1. The van der Waals surface area contributed by atoms with E-state index in [-0.39, 0.29) is 0 Å². The summed E-state index contributed by atoms with van der Waals surface area (Å²) in [4.78, 5) is 4.66. The zero-order valence-electron chi connectivity index (χ0n) is 10.8. The van der Waals surface area contributed by atoms with Crippen LogP contribution >= 0.6 is 11.3 Å². The molecular weight excluding hydrogens is 216 g/mol. The van der Waals surface area contributed by atoms with Gasteiger partial charge in [0.25, 0.3) is 0 Å². The Morgan fingerprint density at radius 2 is 2.12 bits per heavy atom. The Kier molecular flexibility index (Phi) is 6.65. The van der Waals surface area contributed by atoms with Gasteiger partial charge in [-0.2, -0.15) is 0 Å². The fourth-order valence-corrected chi connectivity index (χ4v) is 2.44. The Morgan fingerprint density at radius 1 is 1.31 bits per heavy atom. The lowest BCUT2D eigenvalue weighted by Gasteiger charge is -2.06. The monoisotopic (exact) mass is 240 g/mol. The Bertz CT molecular complexity index is 281. The van der Waals surface area contributed by atoms with Gasteiger partial charge in [0.1, 0.15) is 0 Å². The first-order valence-corrected chi connectivity index (χ1v) is 7.27. The third-order valence-corrected chi connectivity index (χ3v) is 3.46. The molecule has 1 heterocycles. The highest BCUT2D eigenvalue weighted by Crippen LogP contribution is 2.13. The van der Waals surface area contributed by atoms with E-state index < -0.39 is 0 Å². The van der Waals surface area contributed by atoms with Crippen LogP contribution in [0.2, 0.25) is 0 Å². The number of nitrogens with zero attached hydrogens (tertiary/aromatic N) is 1. The normalized spacial score (nSPS) is 11.2. The molecule has 0 aromatic carbocycles. The van der Waals surface area contributed by atoms with Gasteiger partial charge in [0, 0.05) is 11.4 Å². The van der Waals surface area contributed by atoms with E-state index in [0.29, 0.717) is 6.04 Å². The molecule has 16 heavy (non-hydrogen) atoms. The van der Waals surface area contributed by atoms with Crippen molar-refractivity contribution in [2.24, 2.45) is 0 Å². The van der Waals surface area contributed by atoms with E-state index in [2.05, 4.69) is 36.5 Å². The zero-order valence-corrected chi connectivity index (χ0v) is 11.6. The minimum Gasteiger partial charge on any atom is -0.315 e. The molecule has 1 N–H and O–H groups in total. The van der Waals surface area contributed by atoms with Gasteiger partial charge >= 0.3 is 0 Å². The van der Waals surface area contributed by atoms with E-state index in [9.17, 15) is 0 Å². The van der Waals surface area contributed by atoms with Gasteiger partial charge in [-0.25, -0.2) is 4.98 Å². The quantitative estimate of drug-likeness (QED) is 0.704. The summed E-state index contributed by atoms with van der Waals surface area (Å²) < 4.78 is 0. The molecule has 0 fully saturated rings. The second-order valence-electron chi connectivity index (χ2n) is 4.55. The largest absolute Gasteiger partial charge is 0.315 e. The molecule has 2 nitrogen and oxygen atoms in total. The van der Waals surface area contributed by atoms with Crippen LogP contribution in [0.25, 0.3) is 0 Å². The number of nitrogens with one attached hydrogen (secondary N) is 1. The summed E-state index contributed by atoms with van der Waals surface area (Å²) in [6.45, 7) is 7.70. The SMILES string of the molecule is CCCCc1nc(CCCNC(C)C)cs1. The molecule has 92 valence electrons. The Balaban J connectivity index is 2.19. The number of hydrogen-bond donors (Lipinski definition) is 1. The van der Waals surface area contributed by atoms with E-state index >= 15 is 0 Å². The summed E-state index contributed by atoms with van der Waals surface area (Å²) in [6.07, 6.45) is 5.98. The van der Waals surface area contributed by atoms with Crippen LogP contribution < -0.4 is 5.32 Å². The molecule has 0 saturated carbocycles. The van der Waals surface area contributed by atoms with Gasteiger partial charge in [0.05, 0.1) is 10.7 Å². The van der Waals surface area contributed by atoms with Gasteiger partial charge in [0.2, 0.25) is 0 Å². The van der Waals surface area contributed by atoms with E-state index in [0.717, 1.165) is 19.4 Å². The highest BCUT2D eigenvalue weighted by Gasteiger charge is 2.01. The first-order chi connectivity index (χ1) is 7.72. The molecule has 0 bridgehead atoms. The third-order valence-electron chi connectivity index (χ3n) is 2.51. The zero-order chi connectivity index (χ0) is 11.8. The molecule has 0 aliphatic rings. The van der Waals surface area contributed by atoms with Gasteiger partial charge in [-0.15, -0.1) is 11.3 Å². The van der Waals surface area contributed by atoms with Crippen molar-refractivity contribution in [2.45, 2.75) is 58.9 Å². The number of hydrogen-bond acceptors (Lipinski definition) is 3. The van der Waals surface area contributed by atoms with Crippen molar-refractivity contribution in [1.29, 1.82) is 0 Å². The summed E-state index contributed by atoms with van der Waals surface area (Å²) in [5, 5.41) is 6.97. The van der Waals surface area contributed by atoms with Crippen molar-refractivity contribution in [2.75, 3.05) is 6.54 Å². The minimum absolute atomic E-state index is 0.593. The van der Waals surface area contributed by atoms with Crippen LogP contribution in [-0.2, 0) is 12.8 Å². The van der Waals surface area contributed by atoms with E-state index in [1.54, 1.807) is 0 Å². The number of aromatic nitrogens is 1. The number of unbranched alkanes of at least 4 members (excludes halogenated alkanes) is 1. The van der Waals surface area contributed by atoms with Crippen LogP contribution in [0.3, 0.4) is 0 Å². The average Bonchev–Trinajstić information content (AvgIpc) is 2.69. The predicted octanol–water partition coefficient (Wildman–Crippen LogP) is 3.42. The highest BCUT2D eigenvalue weighted by molar-refractivity contribution is 7.09. The van der Waals surface area contributed by atoms with Gasteiger partial charge < -0.3 is 5.32 Å². The molecule has 0 saturated heterocycles. The fraction of sp³-hybridized carbons (Fsp3) is 0.769. The maximum absolute atomic E-state index is 4.66. The summed E-state index contributed by atoms with van der Waals surface area (Å²) in [5.74, 6) is 0. The first kappa shape index (κ1) is 13.7. The molecule has 0 spiro atoms. The summed E-state index contributed by atoms with van der Waals surface area (Å²) in [6, 6.07) is 0.593. The van der Waals surface area contributed by atoms with Crippen LogP contribution in [0.1, 0.15) is 50.7 Å². The smallest absolute Gasteiger partial charge is 0.0928 e. The van der Waals surface area contributed by atoms with Crippen LogP contribution in [0.5, 0.6) is 0 Å². The molecule has 1 aromatic rings. The lowest BCUT2D eigenvalue weighted by Crippen LogP contribution is -2.23. The molecular formula is C13H24N2S. The maximum atomic E-state index is 4.66. The summed E-state index contributed by atoms with van der Waals surface area (Å²) in [5.41, 5.74) is 1.28. The van der Waals surface area contributed by atoms with Gasteiger partial charge in [-0.3, -0.25) is 0 Å². The Hall–Kier alpha value is -0.410. The average molecular weight is 240 g/mol. The molecule has 0 aliphatic heterocycles. The van der Waals surface area contributed by atoms with Gasteiger partial charge in [-0.05, 0) is 32.2 Å². The first-order valence-electron chi connectivity index (χ1n) is 6.39. The highest BCUT2D eigenvalue weighted by atomic mass is 32.1. The van der Waals surface area contributed by atoms with Gasteiger partial charge in [-0.1, -0.05) is 27.2 Å². The van der Waals surface area contributed by atoms with Crippen molar-refractivity contribution in [3.63, 3.8) is 0 Å². The van der Waals surface area contributed by atoms with E-state index in [1.807, 2.05) is 11.3 Å². The lowest BCUT2D eigenvalue weighted by atomic mass is 10.2. The molecule has 0 radical (unpaired) electrons. The Morgan fingerprint density at radius 3 is 2.81 bits per heavy atom. The van der Waals surface area contributed by atoms with Crippen LogP contribution in [0.15, 0.2) is 5.38 Å². The van der Waals surface area contributed by atoms with Crippen molar-refractivity contribution in [3.8, 4) is 0 Å². The predicted molar refractivity (Wildman–Crippen MR) is 72.2 cm³/mol. The third kappa shape index (κ3) is 5.61. The van der Waals surface area contributed by atoms with Crippen molar-refractivity contribution in [1.82, 2.24) is 10.3 Å². The number of aryl methyl sites for hydroxylation is 2. The fourth-order valence-electron chi connectivity index (χ4n) is 1.57. The number of rotatable bonds is 8. The summed E-state index contributed by atoms with van der Waals surface area (Å²) >= 11 is 1.82. The topological polar surface area (TPSA) is 24.9 Å². The molecule has 0 aliphatic carbocycles. The second-order valence-corrected chi connectivity index (χ2v) is 5.49. The second kappa shape index (κ2) is 7.80. The molecule has 0 atom stereocenters. The van der Waals surface area contributed by atoms with Crippen molar-refractivity contribution >= 4 is 11.3 Å². The maximum Gasteiger partial charge on any atom is 0.0928 e. The van der Waals surface area contributed by atoms with E-state index in [4.69, 9.17) is 0 Å². The van der Waals surface area contributed by atoms with Crippen LogP contribution in [0, 0.1) is 0 Å².